The quantitative estimate of drug-likeness (QED) is 0.684. The van der Waals surface area contributed by atoms with Crippen molar-refractivity contribution in [2.45, 2.75) is 19.8 Å². The van der Waals surface area contributed by atoms with Gasteiger partial charge in [-0.1, -0.05) is 31.2 Å². The van der Waals surface area contributed by atoms with Crippen molar-refractivity contribution in [2.75, 3.05) is 18.8 Å². The molecule has 0 atom stereocenters. The van der Waals surface area contributed by atoms with Gasteiger partial charge in [-0.25, -0.2) is 4.98 Å². The summed E-state index contributed by atoms with van der Waals surface area (Å²) in [6.07, 6.45) is 3.72. The van der Waals surface area contributed by atoms with Crippen LogP contribution in [-0.4, -0.2) is 28.9 Å². The van der Waals surface area contributed by atoms with Crippen LogP contribution in [0.25, 0.3) is 11.1 Å². The Morgan fingerprint density at radius 2 is 1.79 bits per heavy atom. The largest absolute Gasteiger partial charge is 0.439 e. The number of pyridine rings is 1. The molecule has 1 aliphatic rings. The number of carbonyl (C=O) groups excluding carboxylic acids is 1. The molecule has 1 amide bonds. The van der Waals surface area contributed by atoms with Gasteiger partial charge in [0.15, 0.2) is 0 Å². The topological polar surface area (TPSA) is 68.5 Å². The van der Waals surface area contributed by atoms with Crippen molar-refractivity contribution in [1.29, 1.82) is 0 Å². The third-order valence-electron chi connectivity index (χ3n) is 5.35. The molecule has 1 aliphatic heterocycles. The van der Waals surface area contributed by atoms with Crippen LogP contribution in [0, 0.1) is 5.92 Å². The fourth-order valence-electron chi connectivity index (χ4n) is 3.51. The highest BCUT2D eigenvalue weighted by Crippen LogP contribution is 2.27. The number of benzene rings is 2. The Morgan fingerprint density at radius 3 is 2.48 bits per heavy atom. The van der Waals surface area contributed by atoms with Crippen LogP contribution >= 0.6 is 0 Å². The number of likely N-dealkylation sites (tertiary alicyclic amines) is 1. The summed E-state index contributed by atoms with van der Waals surface area (Å²) >= 11 is 0. The first-order chi connectivity index (χ1) is 14.1. The van der Waals surface area contributed by atoms with Gasteiger partial charge in [0.1, 0.15) is 5.75 Å². The smallest absolute Gasteiger partial charge is 0.253 e. The van der Waals surface area contributed by atoms with Gasteiger partial charge in [0.05, 0.1) is 11.9 Å². The molecule has 148 valence electrons. The monoisotopic (exact) mass is 387 g/mol. The molecule has 2 N–H and O–H groups in total. The SMILES string of the molecule is CC1CCN(C(=O)c2cccc(-c3ccc(Oc4ccc(N)cn4)cc3)c2)CC1. The molecule has 0 saturated carbocycles. The van der Waals surface area contributed by atoms with Crippen LogP contribution in [0.15, 0.2) is 66.9 Å². The second-order valence-electron chi connectivity index (χ2n) is 7.61. The molecule has 1 saturated heterocycles. The van der Waals surface area contributed by atoms with Gasteiger partial charge < -0.3 is 15.4 Å². The number of carbonyl (C=O) groups is 1. The summed E-state index contributed by atoms with van der Waals surface area (Å²) in [4.78, 5) is 19.0. The van der Waals surface area contributed by atoms with Crippen LogP contribution in [-0.2, 0) is 0 Å². The maximum absolute atomic E-state index is 12.9. The van der Waals surface area contributed by atoms with Gasteiger partial charge in [-0.3, -0.25) is 4.79 Å². The van der Waals surface area contributed by atoms with Crippen molar-refractivity contribution in [3.8, 4) is 22.8 Å². The molecule has 1 aromatic heterocycles. The minimum absolute atomic E-state index is 0.119. The van der Waals surface area contributed by atoms with E-state index in [0.29, 0.717) is 23.2 Å². The van der Waals surface area contributed by atoms with Gasteiger partial charge in [0.25, 0.3) is 5.91 Å². The third-order valence-corrected chi connectivity index (χ3v) is 5.35. The van der Waals surface area contributed by atoms with E-state index >= 15 is 0 Å². The number of aromatic nitrogens is 1. The Bertz CT molecular complexity index is 976. The lowest BCUT2D eigenvalue weighted by Gasteiger charge is -2.30. The third kappa shape index (κ3) is 4.57. The molecule has 4 rings (SSSR count). The van der Waals surface area contributed by atoms with Gasteiger partial charge in [0, 0.05) is 24.7 Å². The second-order valence-corrected chi connectivity index (χ2v) is 7.61. The average Bonchev–Trinajstić information content (AvgIpc) is 2.76. The van der Waals surface area contributed by atoms with Crippen molar-refractivity contribution in [3.63, 3.8) is 0 Å². The molecule has 2 aromatic carbocycles. The number of hydrogen-bond donors (Lipinski definition) is 1. The van der Waals surface area contributed by atoms with Crippen LogP contribution in [0.3, 0.4) is 0 Å². The van der Waals surface area contributed by atoms with E-state index < -0.39 is 0 Å². The van der Waals surface area contributed by atoms with Crippen LogP contribution in [0.2, 0.25) is 0 Å². The van der Waals surface area contributed by atoms with Crippen LogP contribution < -0.4 is 10.5 Å². The Hall–Kier alpha value is -3.34. The molecule has 5 heteroatoms. The summed E-state index contributed by atoms with van der Waals surface area (Å²) in [6, 6.07) is 19.1. The van der Waals surface area contributed by atoms with E-state index in [9.17, 15) is 4.79 Å². The number of nitrogen functional groups attached to an aromatic ring is 1. The van der Waals surface area contributed by atoms with Gasteiger partial charge in [-0.2, -0.15) is 0 Å². The molecule has 0 unspecified atom stereocenters. The normalized spacial score (nSPS) is 14.6. The Kier molecular flexibility index (Phi) is 5.47. The highest BCUT2D eigenvalue weighted by atomic mass is 16.5. The molecular formula is C24H25N3O2. The molecular weight excluding hydrogens is 362 g/mol. The highest BCUT2D eigenvalue weighted by molar-refractivity contribution is 5.95. The molecule has 0 aliphatic carbocycles. The van der Waals surface area contributed by atoms with E-state index in [1.165, 1.54) is 0 Å². The number of rotatable bonds is 4. The second kappa shape index (κ2) is 8.35. The highest BCUT2D eigenvalue weighted by Gasteiger charge is 2.21. The van der Waals surface area contributed by atoms with Crippen LogP contribution in [0.1, 0.15) is 30.1 Å². The zero-order valence-corrected chi connectivity index (χ0v) is 16.5. The number of piperidine rings is 1. The lowest BCUT2D eigenvalue weighted by atomic mass is 9.98. The van der Waals surface area contributed by atoms with Crippen LogP contribution in [0.5, 0.6) is 11.6 Å². The Labute approximate surface area is 171 Å². The predicted octanol–water partition coefficient (Wildman–Crippen LogP) is 5.00. The van der Waals surface area contributed by atoms with Crippen LogP contribution in [0.4, 0.5) is 5.69 Å². The van der Waals surface area contributed by atoms with Crippen molar-refractivity contribution in [1.82, 2.24) is 9.88 Å². The van der Waals surface area contributed by atoms with Crippen molar-refractivity contribution in [2.24, 2.45) is 5.92 Å². The standard InChI is InChI=1S/C24H25N3O2/c1-17-11-13-27(14-12-17)24(28)20-4-2-3-19(15-20)18-5-8-22(9-6-18)29-23-10-7-21(25)16-26-23/h2-10,15-17H,11-14,25H2,1H3. The molecule has 0 bridgehead atoms. The number of ether oxygens (including phenoxy) is 1. The molecule has 3 aromatic rings. The Morgan fingerprint density at radius 1 is 1.03 bits per heavy atom. The summed E-state index contributed by atoms with van der Waals surface area (Å²) in [7, 11) is 0. The van der Waals surface area contributed by atoms with Gasteiger partial charge >= 0.3 is 0 Å². The fraction of sp³-hybridized carbons (Fsp3) is 0.250. The maximum Gasteiger partial charge on any atom is 0.253 e. The van der Waals surface area contributed by atoms with E-state index in [-0.39, 0.29) is 5.91 Å². The van der Waals surface area contributed by atoms with E-state index in [2.05, 4.69) is 11.9 Å². The van der Waals surface area contributed by atoms with Gasteiger partial charge in [-0.15, -0.1) is 0 Å². The first-order valence-electron chi connectivity index (χ1n) is 9.97. The van der Waals surface area contributed by atoms with Crippen molar-refractivity contribution in [3.05, 3.63) is 72.4 Å². The van der Waals surface area contributed by atoms with Gasteiger partial charge in [0.2, 0.25) is 5.88 Å². The summed E-state index contributed by atoms with van der Waals surface area (Å²) in [6.45, 7) is 3.93. The molecule has 29 heavy (non-hydrogen) atoms. The van der Waals surface area contributed by atoms with E-state index in [1.54, 1.807) is 18.3 Å². The Balaban J connectivity index is 1.47. The van der Waals surface area contributed by atoms with Crippen molar-refractivity contribution >= 4 is 11.6 Å². The minimum atomic E-state index is 0.119. The molecule has 2 heterocycles. The number of anilines is 1. The molecule has 1 fully saturated rings. The zero-order valence-electron chi connectivity index (χ0n) is 16.5. The van der Waals surface area contributed by atoms with E-state index in [0.717, 1.165) is 42.6 Å². The summed E-state index contributed by atoms with van der Waals surface area (Å²) in [5.74, 6) is 2.01. The lowest BCUT2D eigenvalue weighted by molar-refractivity contribution is 0.0697. The molecule has 0 radical (unpaired) electrons. The first-order valence-corrected chi connectivity index (χ1v) is 9.97. The fourth-order valence-corrected chi connectivity index (χ4v) is 3.51. The first kappa shape index (κ1) is 19.0. The molecule has 5 nitrogen and oxygen atoms in total. The maximum atomic E-state index is 12.9. The molecule has 0 spiro atoms. The van der Waals surface area contributed by atoms with E-state index in [4.69, 9.17) is 10.5 Å². The minimum Gasteiger partial charge on any atom is -0.439 e. The van der Waals surface area contributed by atoms with Gasteiger partial charge in [-0.05, 0) is 60.2 Å². The summed E-state index contributed by atoms with van der Waals surface area (Å²) < 4.78 is 5.75. The number of nitrogens with zero attached hydrogens (tertiary/aromatic N) is 2. The lowest BCUT2D eigenvalue weighted by Crippen LogP contribution is -2.37. The summed E-state index contributed by atoms with van der Waals surface area (Å²) in [5, 5.41) is 0. The van der Waals surface area contributed by atoms with E-state index in [1.807, 2.05) is 53.4 Å². The van der Waals surface area contributed by atoms with Crippen molar-refractivity contribution < 1.29 is 9.53 Å². The number of amides is 1. The predicted molar refractivity (Wildman–Crippen MR) is 115 cm³/mol. The summed E-state index contributed by atoms with van der Waals surface area (Å²) in [5.41, 5.74) is 9.03. The number of hydrogen-bond acceptors (Lipinski definition) is 4. The number of nitrogens with two attached hydrogens (primary N) is 1. The zero-order chi connectivity index (χ0) is 20.2. The average molecular weight is 387 g/mol.